The first-order valence-corrected chi connectivity index (χ1v) is 11.3. The number of methoxy groups -OCH3 is 2. The van der Waals surface area contributed by atoms with Gasteiger partial charge in [-0.15, -0.1) is 0 Å². The molecule has 0 aliphatic heterocycles. The lowest BCUT2D eigenvalue weighted by Crippen LogP contribution is -2.47. The van der Waals surface area contributed by atoms with Crippen molar-refractivity contribution in [1.29, 1.82) is 0 Å². The molecule has 1 N–H and O–H groups in total. The molecule has 0 fully saturated rings. The molecule has 0 radical (unpaired) electrons. The summed E-state index contributed by atoms with van der Waals surface area (Å²) in [7, 11) is 2.64. The number of nitrogens with zero attached hydrogens (tertiary/aromatic N) is 1. The van der Waals surface area contributed by atoms with Gasteiger partial charge in [0, 0.05) is 35.3 Å². The van der Waals surface area contributed by atoms with Gasteiger partial charge in [-0.3, -0.25) is 4.79 Å². The van der Waals surface area contributed by atoms with Crippen LogP contribution >= 0.6 is 11.6 Å². The quantitative estimate of drug-likeness (QED) is 0.412. The fraction of sp³-hybridized carbons (Fsp3) is 0.308. The lowest BCUT2D eigenvalue weighted by atomic mass is 9.78. The van der Waals surface area contributed by atoms with Crippen molar-refractivity contribution in [3.05, 3.63) is 86.8 Å². The standard InChI is InChI=1S/C26H25ClF3NO5/c1-5-31-14-18(8-11-23(31)32)25(34,26(28,29)30)15(2)19-9-6-16(12-21(19)27)17-7-10-20(24(33)36-4)22(13-17)35-3/h6-15,34H,5H2,1-4H3/t15-,25-/m0/s1. The van der Waals surface area contributed by atoms with Crippen molar-refractivity contribution in [3.63, 3.8) is 0 Å². The van der Waals surface area contributed by atoms with Crippen molar-refractivity contribution in [3.8, 4) is 16.9 Å². The highest BCUT2D eigenvalue weighted by atomic mass is 35.5. The van der Waals surface area contributed by atoms with E-state index in [9.17, 15) is 27.9 Å². The SMILES string of the molecule is CCn1cc([C@@](O)([C@@H](C)c2ccc(-c3ccc(C(=O)OC)c(OC)c3)cc2Cl)C(F)(F)F)ccc1=O. The Morgan fingerprint density at radius 2 is 1.72 bits per heavy atom. The number of pyridine rings is 1. The Hall–Kier alpha value is -3.30. The van der Waals surface area contributed by atoms with Crippen molar-refractivity contribution in [2.75, 3.05) is 14.2 Å². The topological polar surface area (TPSA) is 77.8 Å². The van der Waals surface area contributed by atoms with E-state index in [4.69, 9.17) is 21.1 Å². The number of benzene rings is 2. The third-order valence-electron chi connectivity index (χ3n) is 6.23. The van der Waals surface area contributed by atoms with Gasteiger partial charge in [-0.25, -0.2) is 4.79 Å². The van der Waals surface area contributed by atoms with Gasteiger partial charge in [-0.1, -0.05) is 36.7 Å². The van der Waals surface area contributed by atoms with E-state index >= 15 is 0 Å². The second kappa shape index (κ2) is 10.4. The van der Waals surface area contributed by atoms with Crippen LogP contribution in [-0.2, 0) is 16.9 Å². The molecule has 192 valence electrons. The van der Waals surface area contributed by atoms with E-state index in [0.29, 0.717) is 11.1 Å². The number of carbonyl (C=O) groups is 1. The number of halogens is 4. The van der Waals surface area contributed by atoms with E-state index in [1.807, 2.05) is 0 Å². The van der Waals surface area contributed by atoms with Crippen LogP contribution in [0.2, 0.25) is 5.02 Å². The number of aliphatic hydroxyl groups is 1. The fourth-order valence-electron chi connectivity index (χ4n) is 4.10. The summed E-state index contributed by atoms with van der Waals surface area (Å²) in [5.41, 5.74) is -2.82. The van der Waals surface area contributed by atoms with Crippen molar-refractivity contribution in [1.82, 2.24) is 4.57 Å². The van der Waals surface area contributed by atoms with Gasteiger partial charge in [0.25, 0.3) is 5.56 Å². The third-order valence-corrected chi connectivity index (χ3v) is 6.56. The Morgan fingerprint density at radius 3 is 2.28 bits per heavy atom. The Balaban J connectivity index is 2.08. The molecule has 0 spiro atoms. The molecule has 0 saturated heterocycles. The first kappa shape index (κ1) is 27.3. The number of aryl methyl sites for hydroxylation is 1. The summed E-state index contributed by atoms with van der Waals surface area (Å²) in [4.78, 5) is 23.8. The highest BCUT2D eigenvalue weighted by Gasteiger charge is 2.59. The molecule has 2 atom stereocenters. The average molecular weight is 524 g/mol. The number of carbonyl (C=O) groups excluding carboxylic acids is 1. The first-order chi connectivity index (χ1) is 16.9. The predicted octanol–water partition coefficient (Wildman–Crippen LogP) is 5.54. The summed E-state index contributed by atoms with van der Waals surface area (Å²) in [5, 5.41) is 11.1. The van der Waals surface area contributed by atoms with E-state index in [1.54, 1.807) is 25.1 Å². The van der Waals surface area contributed by atoms with E-state index in [1.165, 1.54) is 39.3 Å². The molecule has 0 amide bonds. The van der Waals surface area contributed by atoms with Gasteiger partial charge >= 0.3 is 12.1 Å². The predicted molar refractivity (Wildman–Crippen MR) is 130 cm³/mol. The second-order valence-corrected chi connectivity index (χ2v) is 8.58. The summed E-state index contributed by atoms with van der Waals surface area (Å²) < 4.78 is 54.1. The second-order valence-electron chi connectivity index (χ2n) is 8.17. The number of hydrogen-bond acceptors (Lipinski definition) is 5. The van der Waals surface area contributed by atoms with E-state index in [-0.39, 0.29) is 28.4 Å². The zero-order valence-electron chi connectivity index (χ0n) is 20.0. The van der Waals surface area contributed by atoms with Crippen molar-refractivity contribution in [2.45, 2.75) is 38.1 Å². The van der Waals surface area contributed by atoms with Crippen molar-refractivity contribution < 1.29 is 32.5 Å². The van der Waals surface area contributed by atoms with Crippen molar-refractivity contribution in [2.24, 2.45) is 0 Å². The minimum Gasteiger partial charge on any atom is -0.496 e. The van der Waals surface area contributed by atoms with Gasteiger partial charge < -0.3 is 19.1 Å². The van der Waals surface area contributed by atoms with Crippen LogP contribution < -0.4 is 10.3 Å². The number of rotatable bonds is 7. The zero-order chi connectivity index (χ0) is 26.8. The molecule has 3 aromatic rings. The number of aromatic nitrogens is 1. The van der Waals surface area contributed by atoms with Crippen LogP contribution in [0.1, 0.15) is 41.3 Å². The zero-order valence-corrected chi connectivity index (χ0v) is 20.8. The largest absolute Gasteiger partial charge is 0.496 e. The molecule has 0 bridgehead atoms. The number of ether oxygens (including phenoxy) is 2. The van der Waals surface area contributed by atoms with Gasteiger partial charge in [-0.05, 0) is 47.9 Å². The molecule has 36 heavy (non-hydrogen) atoms. The number of esters is 1. The first-order valence-electron chi connectivity index (χ1n) is 10.9. The minimum absolute atomic E-state index is 0.00231. The Labute approximate surface area is 210 Å². The molecule has 0 aliphatic carbocycles. The van der Waals surface area contributed by atoms with Crippen LogP contribution in [0.25, 0.3) is 11.1 Å². The van der Waals surface area contributed by atoms with Gasteiger partial charge in [-0.2, -0.15) is 13.2 Å². The summed E-state index contributed by atoms with van der Waals surface area (Å²) >= 11 is 6.44. The monoisotopic (exact) mass is 523 g/mol. The smallest absolute Gasteiger partial charge is 0.422 e. The van der Waals surface area contributed by atoms with Crippen LogP contribution in [0.15, 0.2) is 59.5 Å². The van der Waals surface area contributed by atoms with Gasteiger partial charge in [0.15, 0.2) is 5.60 Å². The van der Waals surface area contributed by atoms with Gasteiger partial charge in [0.2, 0.25) is 0 Å². The molecule has 6 nitrogen and oxygen atoms in total. The molecule has 0 unspecified atom stereocenters. The molecule has 0 aliphatic rings. The molecule has 3 rings (SSSR count). The van der Waals surface area contributed by atoms with E-state index in [2.05, 4.69) is 0 Å². The highest BCUT2D eigenvalue weighted by Crippen LogP contribution is 2.50. The van der Waals surface area contributed by atoms with Crippen LogP contribution in [0.5, 0.6) is 5.75 Å². The van der Waals surface area contributed by atoms with Crippen LogP contribution in [0.4, 0.5) is 13.2 Å². The normalized spacial score (nSPS) is 14.1. The molecular formula is C26H25ClF3NO5. The van der Waals surface area contributed by atoms with Crippen LogP contribution in [-0.4, -0.2) is 36.0 Å². The summed E-state index contributed by atoms with van der Waals surface area (Å²) in [6, 6.07) is 11.2. The maximum atomic E-state index is 14.3. The number of hydrogen-bond donors (Lipinski definition) is 1. The molecule has 2 aromatic carbocycles. The Kier molecular flexibility index (Phi) is 7.85. The van der Waals surface area contributed by atoms with E-state index < -0.39 is 34.8 Å². The molecular weight excluding hydrogens is 499 g/mol. The van der Waals surface area contributed by atoms with Crippen LogP contribution in [0, 0.1) is 0 Å². The van der Waals surface area contributed by atoms with E-state index in [0.717, 1.165) is 22.9 Å². The molecule has 1 heterocycles. The van der Waals surface area contributed by atoms with Crippen molar-refractivity contribution >= 4 is 17.6 Å². The summed E-state index contributed by atoms with van der Waals surface area (Å²) in [5.74, 6) is -1.84. The fourth-order valence-corrected chi connectivity index (χ4v) is 4.44. The summed E-state index contributed by atoms with van der Waals surface area (Å²) in [6.07, 6.45) is -4.05. The lowest BCUT2D eigenvalue weighted by molar-refractivity contribution is -0.274. The maximum absolute atomic E-state index is 14.3. The number of alkyl halides is 3. The third kappa shape index (κ3) is 4.85. The highest BCUT2D eigenvalue weighted by molar-refractivity contribution is 6.31. The maximum Gasteiger partial charge on any atom is 0.422 e. The Morgan fingerprint density at radius 1 is 1.08 bits per heavy atom. The minimum atomic E-state index is -5.07. The van der Waals surface area contributed by atoms with Gasteiger partial charge in [0.05, 0.1) is 14.2 Å². The van der Waals surface area contributed by atoms with Gasteiger partial charge in [0.1, 0.15) is 11.3 Å². The molecule has 1 aromatic heterocycles. The average Bonchev–Trinajstić information content (AvgIpc) is 2.86. The Bertz CT molecular complexity index is 1340. The summed E-state index contributed by atoms with van der Waals surface area (Å²) in [6.45, 7) is 2.98. The lowest BCUT2D eigenvalue weighted by Gasteiger charge is -2.37. The molecule has 0 saturated carbocycles. The van der Waals surface area contributed by atoms with Crippen LogP contribution in [0.3, 0.4) is 0 Å². The molecule has 10 heteroatoms.